The van der Waals surface area contributed by atoms with E-state index in [-0.39, 0.29) is 18.3 Å². The molecule has 1 amide bonds. The van der Waals surface area contributed by atoms with E-state index in [1.807, 2.05) is 84.9 Å². The van der Waals surface area contributed by atoms with Crippen LogP contribution in [0.3, 0.4) is 0 Å². The Labute approximate surface area is 252 Å². The number of carbonyl (C=O) groups is 1. The largest absolute Gasteiger partial charge is 1.00 e. The monoisotopic (exact) mass is 599 g/mol. The summed E-state index contributed by atoms with van der Waals surface area (Å²) in [7, 11) is -2.65. The van der Waals surface area contributed by atoms with Gasteiger partial charge in [-0.2, -0.15) is 0 Å². The number of carbonyl (C=O) groups excluding carboxylic acids is 1. The Morgan fingerprint density at radius 2 is 1.02 bits per heavy atom. The van der Waals surface area contributed by atoms with Gasteiger partial charge in [0.25, 0.3) is 5.91 Å². The van der Waals surface area contributed by atoms with Gasteiger partial charge in [-0.3, -0.25) is 10.1 Å². The van der Waals surface area contributed by atoms with E-state index in [0.717, 1.165) is 20.8 Å². The molecular formula is C34H28Cl2NOPS. The minimum atomic E-state index is -2.65. The Balaban J connectivity index is 0.00000370. The summed E-state index contributed by atoms with van der Waals surface area (Å²) in [4.78, 5) is 14.8. The lowest BCUT2D eigenvalue weighted by atomic mass is 10.2. The van der Waals surface area contributed by atoms with Crippen LogP contribution < -0.4 is 33.6 Å². The number of halogens is 2. The first kappa shape index (κ1) is 29.6. The number of benzene rings is 5. The Morgan fingerprint density at radius 3 is 1.45 bits per heavy atom. The zero-order valence-corrected chi connectivity index (χ0v) is 25.1. The lowest BCUT2D eigenvalue weighted by molar-refractivity contribution is -0.0000157. The molecule has 0 saturated carbocycles. The molecule has 0 aliphatic carbocycles. The van der Waals surface area contributed by atoms with Crippen molar-refractivity contribution in [2.45, 2.75) is 11.8 Å². The number of thioether (sulfide) groups is 1. The van der Waals surface area contributed by atoms with Crippen molar-refractivity contribution in [3.8, 4) is 0 Å². The lowest BCUT2D eigenvalue weighted by Crippen LogP contribution is -3.00. The quantitative estimate of drug-likeness (QED) is 0.203. The summed E-state index contributed by atoms with van der Waals surface area (Å²) in [6, 6.07) is 48.8. The summed E-state index contributed by atoms with van der Waals surface area (Å²) in [6.07, 6.45) is 0. The van der Waals surface area contributed by atoms with Crippen LogP contribution in [0.15, 0.2) is 160 Å². The first-order valence-electron chi connectivity index (χ1n) is 12.7. The SMILES string of the molecule is Cc1ccc(S/C(Cl)=C(\NC(=O)c2ccccc2)[P+](c2ccccc2)(c2ccccc2)c2ccccc2)cc1.[Cl-]. The fourth-order valence-electron chi connectivity index (χ4n) is 4.58. The van der Waals surface area contributed by atoms with Gasteiger partial charge in [0.15, 0.2) is 7.26 Å². The maximum absolute atomic E-state index is 13.8. The third kappa shape index (κ3) is 6.35. The van der Waals surface area contributed by atoms with E-state index in [9.17, 15) is 4.79 Å². The average Bonchev–Trinajstić information content (AvgIpc) is 3.00. The molecule has 0 fully saturated rings. The molecule has 5 aromatic rings. The van der Waals surface area contributed by atoms with Crippen LogP contribution in [0.4, 0.5) is 0 Å². The summed E-state index contributed by atoms with van der Waals surface area (Å²) in [5, 5.41) is 6.65. The van der Waals surface area contributed by atoms with Gasteiger partial charge in [0.1, 0.15) is 20.3 Å². The smallest absolute Gasteiger partial charge is 0.258 e. The molecule has 1 N–H and O–H groups in total. The number of aryl methyl sites for hydroxylation is 1. The number of rotatable bonds is 8. The third-order valence-electron chi connectivity index (χ3n) is 6.45. The van der Waals surface area contributed by atoms with Gasteiger partial charge in [-0.25, -0.2) is 0 Å². The molecule has 0 aliphatic rings. The number of hydrogen-bond acceptors (Lipinski definition) is 2. The second kappa shape index (κ2) is 13.8. The van der Waals surface area contributed by atoms with Crippen LogP contribution in [0, 0.1) is 6.92 Å². The molecule has 0 spiro atoms. The normalized spacial score (nSPS) is 11.7. The number of nitrogens with one attached hydrogen (secondary N) is 1. The van der Waals surface area contributed by atoms with E-state index in [4.69, 9.17) is 11.6 Å². The predicted molar refractivity (Wildman–Crippen MR) is 169 cm³/mol. The van der Waals surface area contributed by atoms with Gasteiger partial charge in [-0.15, -0.1) is 0 Å². The second-order valence-corrected chi connectivity index (χ2v) is 14.1. The molecule has 0 aliphatic heterocycles. The van der Waals surface area contributed by atoms with Gasteiger partial charge in [-0.05, 0) is 67.6 Å². The standard InChI is InChI=1S/C34H27ClNOPS.ClH/c1-26-22-24-31(25-23-26)39-32(35)34(36-33(37)27-14-6-2-7-15-27)38(28-16-8-3-9-17-28,29-18-10-4-11-19-29)30-20-12-5-13-21-30;/h2-25H,1H3;1H/b34-32+;. The van der Waals surface area contributed by atoms with Gasteiger partial charge in [-0.1, -0.05) is 114 Å². The second-order valence-electron chi connectivity index (χ2n) is 9.04. The highest BCUT2D eigenvalue weighted by atomic mass is 35.5. The van der Waals surface area contributed by atoms with Crippen LogP contribution in [0.1, 0.15) is 15.9 Å². The van der Waals surface area contributed by atoms with E-state index in [1.54, 1.807) is 0 Å². The lowest BCUT2D eigenvalue weighted by Gasteiger charge is -2.30. The van der Waals surface area contributed by atoms with Crippen molar-refractivity contribution < 1.29 is 17.2 Å². The van der Waals surface area contributed by atoms with Gasteiger partial charge < -0.3 is 12.4 Å². The maximum Gasteiger partial charge on any atom is 0.258 e. The Morgan fingerprint density at radius 1 is 0.625 bits per heavy atom. The van der Waals surface area contributed by atoms with Crippen molar-refractivity contribution in [1.29, 1.82) is 0 Å². The van der Waals surface area contributed by atoms with Crippen molar-refractivity contribution in [3.63, 3.8) is 0 Å². The van der Waals surface area contributed by atoms with Gasteiger partial charge in [0.2, 0.25) is 5.44 Å². The van der Waals surface area contributed by atoms with Gasteiger partial charge >= 0.3 is 0 Å². The molecule has 6 heteroatoms. The average molecular weight is 601 g/mol. The van der Waals surface area contributed by atoms with Crippen LogP contribution >= 0.6 is 30.6 Å². The fraction of sp³-hybridized carbons (Fsp3) is 0.0294. The number of amides is 1. The highest BCUT2D eigenvalue weighted by molar-refractivity contribution is 8.06. The van der Waals surface area contributed by atoms with Crippen LogP contribution in [-0.2, 0) is 0 Å². The molecule has 5 rings (SSSR count). The zero-order chi connectivity index (χ0) is 27.1. The molecule has 200 valence electrons. The molecule has 0 unspecified atom stereocenters. The minimum Gasteiger partial charge on any atom is -1.00 e. The van der Waals surface area contributed by atoms with E-state index in [1.165, 1.54) is 17.3 Å². The van der Waals surface area contributed by atoms with Gasteiger partial charge in [0, 0.05) is 10.5 Å². The Hall–Kier alpha value is -3.33. The first-order valence-corrected chi connectivity index (χ1v) is 15.6. The van der Waals surface area contributed by atoms with Crippen molar-refractivity contribution in [2.24, 2.45) is 0 Å². The first-order chi connectivity index (χ1) is 19.1. The highest BCUT2D eigenvalue weighted by Crippen LogP contribution is 2.64. The maximum atomic E-state index is 13.8. The van der Waals surface area contributed by atoms with Crippen LogP contribution in [0.2, 0.25) is 0 Å². The molecule has 0 heterocycles. The molecule has 0 saturated heterocycles. The van der Waals surface area contributed by atoms with Crippen LogP contribution in [-0.4, -0.2) is 5.91 Å². The van der Waals surface area contributed by atoms with Gasteiger partial charge in [0.05, 0.1) is 0 Å². The molecule has 5 aromatic carbocycles. The summed E-state index contributed by atoms with van der Waals surface area (Å²) in [5.41, 5.74) is 2.47. The molecule has 0 radical (unpaired) electrons. The van der Waals surface area contributed by atoms with E-state index < -0.39 is 7.26 Å². The third-order valence-corrected chi connectivity index (χ3v) is 12.3. The fourth-order valence-corrected chi connectivity index (χ4v) is 10.5. The topological polar surface area (TPSA) is 29.1 Å². The molecule has 2 nitrogen and oxygen atoms in total. The van der Waals surface area contributed by atoms with E-state index in [0.29, 0.717) is 15.4 Å². The van der Waals surface area contributed by atoms with Crippen LogP contribution in [0.25, 0.3) is 0 Å². The van der Waals surface area contributed by atoms with E-state index >= 15 is 0 Å². The van der Waals surface area contributed by atoms with Crippen molar-refractivity contribution in [3.05, 3.63) is 167 Å². The Kier molecular flexibility index (Phi) is 10.3. The van der Waals surface area contributed by atoms with Crippen LogP contribution in [0.5, 0.6) is 0 Å². The summed E-state index contributed by atoms with van der Waals surface area (Å²) in [5.74, 6) is -0.194. The zero-order valence-electron chi connectivity index (χ0n) is 21.9. The summed E-state index contributed by atoms with van der Waals surface area (Å²) in [6.45, 7) is 2.06. The molecular weight excluding hydrogens is 572 g/mol. The molecule has 40 heavy (non-hydrogen) atoms. The molecule has 0 atom stereocenters. The minimum absolute atomic E-state index is 0. The Bertz CT molecular complexity index is 1470. The van der Waals surface area contributed by atoms with E-state index in [2.05, 4.69) is 72.9 Å². The highest BCUT2D eigenvalue weighted by Gasteiger charge is 2.52. The van der Waals surface area contributed by atoms with Crippen molar-refractivity contribution in [1.82, 2.24) is 5.32 Å². The van der Waals surface area contributed by atoms with Crippen molar-refractivity contribution >= 4 is 52.4 Å². The molecule has 0 bridgehead atoms. The molecule has 0 aromatic heterocycles. The summed E-state index contributed by atoms with van der Waals surface area (Å²) < 4.78 is 0.535. The van der Waals surface area contributed by atoms with Crippen molar-refractivity contribution in [2.75, 3.05) is 0 Å². The number of hydrogen-bond donors (Lipinski definition) is 1. The predicted octanol–water partition coefficient (Wildman–Crippen LogP) is 4.88. The summed E-state index contributed by atoms with van der Waals surface area (Å²) >= 11 is 8.81.